The van der Waals surface area contributed by atoms with E-state index in [2.05, 4.69) is 20.2 Å². The fourth-order valence-corrected chi connectivity index (χ4v) is 2.96. The van der Waals surface area contributed by atoms with E-state index < -0.39 is 21.8 Å². The van der Waals surface area contributed by atoms with E-state index in [1.807, 2.05) is 0 Å². The van der Waals surface area contributed by atoms with E-state index in [0.29, 0.717) is 0 Å². The zero-order valence-electron chi connectivity index (χ0n) is 11.9. The van der Waals surface area contributed by atoms with Gasteiger partial charge < -0.3 is 4.98 Å². The van der Waals surface area contributed by atoms with Gasteiger partial charge in [0.05, 0.1) is 16.0 Å². The van der Waals surface area contributed by atoms with Gasteiger partial charge >= 0.3 is 6.18 Å². The normalized spacial score (nSPS) is 12.5. The van der Waals surface area contributed by atoms with Crippen LogP contribution in [-0.2, 0) is 16.2 Å². The van der Waals surface area contributed by atoms with Gasteiger partial charge in [-0.25, -0.2) is 13.4 Å². The molecule has 2 aromatic carbocycles. The van der Waals surface area contributed by atoms with Crippen molar-refractivity contribution < 1.29 is 21.6 Å². The zero-order valence-corrected chi connectivity index (χ0v) is 12.7. The highest BCUT2D eigenvalue weighted by atomic mass is 32.2. The third kappa shape index (κ3) is 3.19. The van der Waals surface area contributed by atoms with Crippen LogP contribution < -0.4 is 10.3 Å². The van der Waals surface area contributed by atoms with Gasteiger partial charge in [-0.15, -0.1) is 4.83 Å². The topological polar surface area (TPSA) is 86.9 Å². The molecule has 0 saturated heterocycles. The molecule has 0 atom stereocenters. The highest BCUT2D eigenvalue weighted by Crippen LogP contribution is 2.34. The molecular formula is C14H11F3N4O2S. The Balaban J connectivity index is 1.87. The van der Waals surface area contributed by atoms with Crippen molar-refractivity contribution >= 4 is 27.0 Å². The molecule has 0 amide bonds. The molecule has 0 radical (unpaired) electrons. The first kappa shape index (κ1) is 16.3. The number of alkyl halides is 3. The van der Waals surface area contributed by atoms with E-state index in [4.69, 9.17) is 0 Å². The van der Waals surface area contributed by atoms with Gasteiger partial charge in [0, 0.05) is 0 Å². The van der Waals surface area contributed by atoms with E-state index >= 15 is 0 Å². The summed E-state index contributed by atoms with van der Waals surface area (Å²) in [5, 5.41) is 0. The summed E-state index contributed by atoms with van der Waals surface area (Å²) in [5.41, 5.74) is 1.20. The van der Waals surface area contributed by atoms with Gasteiger partial charge in [-0.3, -0.25) is 5.43 Å². The molecule has 0 aliphatic heterocycles. The number of imidazole rings is 1. The number of hydrogen-bond acceptors (Lipinski definition) is 4. The SMILES string of the molecule is O=S(=O)(NNc1nc2c(C(F)(F)F)cccc2[nH]1)c1ccccc1. The lowest BCUT2D eigenvalue weighted by Gasteiger charge is -2.07. The number of anilines is 1. The lowest BCUT2D eigenvalue weighted by atomic mass is 10.2. The largest absolute Gasteiger partial charge is 0.418 e. The number of nitrogens with one attached hydrogen (secondary N) is 3. The Bertz CT molecular complexity index is 969. The number of rotatable bonds is 4. The van der Waals surface area contributed by atoms with E-state index in [1.165, 1.54) is 24.3 Å². The summed E-state index contributed by atoms with van der Waals surface area (Å²) in [6.45, 7) is 0. The van der Waals surface area contributed by atoms with E-state index in [9.17, 15) is 21.6 Å². The van der Waals surface area contributed by atoms with E-state index in [-0.39, 0.29) is 21.9 Å². The van der Waals surface area contributed by atoms with E-state index in [1.54, 1.807) is 18.2 Å². The predicted molar refractivity (Wildman–Crippen MR) is 81.5 cm³/mol. The molecule has 10 heteroatoms. The number of halogens is 3. The van der Waals surface area contributed by atoms with Crippen LogP contribution in [0.1, 0.15) is 5.56 Å². The van der Waals surface area contributed by atoms with Crippen LogP contribution in [0.4, 0.5) is 19.1 Å². The van der Waals surface area contributed by atoms with Crippen molar-refractivity contribution in [1.82, 2.24) is 14.8 Å². The van der Waals surface area contributed by atoms with Crippen molar-refractivity contribution in [3.8, 4) is 0 Å². The highest BCUT2D eigenvalue weighted by Gasteiger charge is 2.33. The lowest BCUT2D eigenvalue weighted by Crippen LogP contribution is -2.30. The van der Waals surface area contributed by atoms with Gasteiger partial charge in [0.25, 0.3) is 10.0 Å². The van der Waals surface area contributed by atoms with Crippen molar-refractivity contribution in [2.24, 2.45) is 0 Å². The van der Waals surface area contributed by atoms with Crippen LogP contribution in [0.25, 0.3) is 11.0 Å². The summed E-state index contributed by atoms with van der Waals surface area (Å²) in [7, 11) is -3.88. The van der Waals surface area contributed by atoms with Crippen molar-refractivity contribution in [2.75, 3.05) is 5.43 Å². The number of fused-ring (bicyclic) bond motifs is 1. The van der Waals surface area contributed by atoms with Gasteiger partial charge in [-0.2, -0.15) is 13.2 Å². The van der Waals surface area contributed by atoms with Gasteiger partial charge in [0.15, 0.2) is 0 Å². The Morgan fingerprint density at radius 3 is 2.38 bits per heavy atom. The maximum Gasteiger partial charge on any atom is 0.418 e. The fourth-order valence-electron chi connectivity index (χ4n) is 2.09. The molecule has 0 aliphatic carbocycles. The molecule has 3 N–H and O–H groups in total. The first-order chi connectivity index (χ1) is 11.3. The summed E-state index contributed by atoms with van der Waals surface area (Å²) in [6.07, 6.45) is -4.56. The Morgan fingerprint density at radius 1 is 1.00 bits per heavy atom. The van der Waals surface area contributed by atoms with Crippen LogP contribution in [0.5, 0.6) is 0 Å². The van der Waals surface area contributed by atoms with Crippen molar-refractivity contribution in [3.63, 3.8) is 0 Å². The molecule has 0 bridgehead atoms. The number of nitrogens with zero attached hydrogens (tertiary/aromatic N) is 1. The molecular weight excluding hydrogens is 345 g/mol. The van der Waals surface area contributed by atoms with Gasteiger partial charge in [0.1, 0.15) is 5.52 Å². The number of hydrogen-bond donors (Lipinski definition) is 3. The molecule has 3 rings (SSSR count). The highest BCUT2D eigenvalue weighted by molar-refractivity contribution is 7.89. The minimum absolute atomic E-state index is 0.00425. The standard InChI is InChI=1S/C14H11F3N4O2S/c15-14(16,17)10-7-4-8-11-12(10)19-13(18-11)20-21-24(22,23)9-5-2-1-3-6-9/h1-8,21H,(H2,18,19,20). The molecule has 0 unspecified atom stereocenters. The third-order valence-electron chi connectivity index (χ3n) is 3.18. The van der Waals surface area contributed by atoms with E-state index in [0.717, 1.165) is 6.07 Å². The maximum absolute atomic E-state index is 12.9. The monoisotopic (exact) mass is 356 g/mol. The average molecular weight is 356 g/mol. The Kier molecular flexibility index (Phi) is 3.93. The number of H-pyrrole nitrogens is 1. The van der Waals surface area contributed by atoms with Crippen LogP contribution in [0.15, 0.2) is 53.4 Å². The Hall–Kier alpha value is -2.59. The molecule has 126 valence electrons. The van der Waals surface area contributed by atoms with Crippen LogP contribution in [0.2, 0.25) is 0 Å². The van der Waals surface area contributed by atoms with Crippen LogP contribution >= 0.6 is 0 Å². The lowest BCUT2D eigenvalue weighted by molar-refractivity contribution is -0.136. The zero-order chi connectivity index (χ0) is 17.4. The molecule has 0 fully saturated rings. The van der Waals surface area contributed by atoms with Gasteiger partial charge in [-0.05, 0) is 24.3 Å². The smallest absolute Gasteiger partial charge is 0.323 e. The molecule has 0 saturated carbocycles. The minimum Gasteiger partial charge on any atom is -0.323 e. The number of hydrazine groups is 1. The first-order valence-corrected chi connectivity index (χ1v) is 8.14. The van der Waals surface area contributed by atoms with Crippen molar-refractivity contribution in [1.29, 1.82) is 0 Å². The van der Waals surface area contributed by atoms with Crippen molar-refractivity contribution in [2.45, 2.75) is 11.1 Å². The number of sulfonamides is 1. The number of para-hydroxylation sites is 1. The summed E-state index contributed by atoms with van der Waals surface area (Å²) >= 11 is 0. The number of aromatic amines is 1. The second kappa shape index (κ2) is 5.80. The predicted octanol–water partition coefficient (Wildman–Crippen LogP) is 2.89. The number of benzene rings is 2. The van der Waals surface area contributed by atoms with Gasteiger partial charge in [0.2, 0.25) is 5.95 Å². The van der Waals surface area contributed by atoms with Crippen molar-refractivity contribution in [3.05, 3.63) is 54.1 Å². The summed E-state index contributed by atoms with van der Waals surface area (Å²) in [5.74, 6) is -0.152. The molecule has 1 aromatic heterocycles. The molecule has 0 spiro atoms. The quantitative estimate of drug-likeness (QED) is 0.628. The molecule has 6 nitrogen and oxygen atoms in total. The third-order valence-corrected chi connectivity index (χ3v) is 4.44. The Labute approximate surface area is 134 Å². The molecule has 1 heterocycles. The minimum atomic E-state index is -4.56. The fraction of sp³-hybridized carbons (Fsp3) is 0.0714. The summed E-state index contributed by atoms with van der Waals surface area (Å²) < 4.78 is 62.9. The van der Waals surface area contributed by atoms with Crippen LogP contribution in [0, 0.1) is 0 Å². The average Bonchev–Trinajstić information content (AvgIpc) is 2.96. The first-order valence-electron chi connectivity index (χ1n) is 6.66. The molecule has 3 aromatic rings. The van der Waals surface area contributed by atoms with Gasteiger partial charge in [-0.1, -0.05) is 24.3 Å². The number of aromatic nitrogens is 2. The summed E-state index contributed by atoms with van der Waals surface area (Å²) in [4.78, 5) is 8.41. The summed E-state index contributed by atoms with van der Waals surface area (Å²) in [6, 6.07) is 11.1. The molecule has 0 aliphatic rings. The molecule has 24 heavy (non-hydrogen) atoms. The Morgan fingerprint density at radius 2 is 1.71 bits per heavy atom. The second-order valence-electron chi connectivity index (χ2n) is 4.83. The van der Waals surface area contributed by atoms with Crippen LogP contribution in [0.3, 0.4) is 0 Å². The second-order valence-corrected chi connectivity index (χ2v) is 6.51. The van der Waals surface area contributed by atoms with Crippen LogP contribution in [-0.4, -0.2) is 18.4 Å². The maximum atomic E-state index is 12.9.